The van der Waals surface area contributed by atoms with Gasteiger partial charge in [-0.1, -0.05) is 0 Å². The van der Waals surface area contributed by atoms with E-state index in [0.29, 0.717) is 14.1 Å². The maximum Gasteiger partial charge on any atom is 0.427 e. The average molecular weight is 224 g/mol. The van der Waals surface area contributed by atoms with Crippen LogP contribution in [0.25, 0.3) is 0 Å². The van der Waals surface area contributed by atoms with Crippen LogP contribution in [0.2, 0.25) is 0 Å². The second-order valence-electron chi connectivity index (χ2n) is 2.48. The third-order valence-corrected chi connectivity index (χ3v) is 2.20. The zero-order valence-electron chi connectivity index (χ0n) is 6.72. The lowest BCUT2D eigenvalue weighted by Crippen LogP contribution is -2.54. The molecule has 2 N–H and O–H groups in total. The monoisotopic (exact) mass is 224 g/mol. The van der Waals surface area contributed by atoms with Crippen molar-refractivity contribution in [3.05, 3.63) is 0 Å². The molecule has 0 aromatic heterocycles. The topological polar surface area (TPSA) is 64.4 Å². The molecular weight excluding hydrogens is 216 g/mol. The number of alkyl halides is 4. The van der Waals surface area contributed by atoms with Crippen LogP contribution in [0, 0.1) is 4.78 Å². The first kappa shape index (κ1) is 12.6. The molecule has 0 fully saturated rings. The van der Waals surface area contributed by atoms with Gasteiger partial charge in [-0.25, -0.2) is 13.9 Å². The van der Waals surface area contributed by atoms with Gasteiger partial charge in [0.1, 0.15) is 0 Å². The van der Waals surface area contributed by atoms with Crippen molar-refractivity contribution in [1.82, 2.24) is 4.90 Å². The summed E-state index contributed by atoms with van der Waals surface area (Å²) in [6, 6.07) is -4.83. The Morgan fingerprint density at radius 1 is 1.31 bits per heavy atom. The third kappa shape index (κ3) is 1.92. The summed E-state index contributed by atoms with van der Waals surface area (Å²) in [7, 11) is -4.41. The second-order valence-corrected chi connectivity index (χ2v) is 4.04. The molecular formula is C4H8F4N2O2S. The highest BCUT2D eigenvalue weighted by atomic mass is 32.2. The number of hydrogen-bond donors (Lipinski definition) is 2. The molecule has 0 aromatic rings. The standard InChI is InChI=1S/C4H8F4N2O2S/c1-10(2)3(5,6)4(7,8)13(9,11)12/h1-2H3,(H2,9,11,12). The number of hydrogen-bond acceptors (Lipinski definition) is 3. The molecule has 1 unspecified atom stereocenters. The van der Waals surface area contributed by atoms with Crippen molar-refractivity contribution in [1.29, 1.82) is 4.78 Å². The lowest BCUT2D eigenvalue weighted by molar-refractivity contribution is -0.234. The lowest BCUT2D eigenvalue weighted by Gasteiger charge is -2.29. The van der Waals surface area contributed by atoms with Crippen LogP contribution in [-0.4, -0.2) is 39.1 Å². The molecule has 1 atom stereocenters. The van der Waals surface area contributed by atoms with Crippen LogP contribution in [0.15, 0.2) is 0 Å². The smallest absolute Gasteiger partial charge is 0.296 e. The van der Waals surface area contributed by atoms with E-state index in [4.69, 9.17) is 9.33 Å². The van der Waals surface area contributed by atoms with E-state index in [9.17, 15) is 21.8 Å². The molecule has 0 amide bonds. The van der Waals surface area contributed by atoms with Gasteiger partial charge in [0, 0.05) is 0 Å². The highest BCUT2D eigenvalue weighted by molar-refractivity contribution is 7.88. The van der Waals surface area contributed by atoms with Gasteiger partial charge in [-0.15, -0.1) is 0 Å². The van der Waals surface area contributed by atoms with Gasteiger partial charge >= 0.3 is 11.3 Å². The molecule has 0 bridgehead atoms. The van der Waals surface area contributed by atoms with Gasteiger partial charge in [-0.2, -0.15) is 17.6 Å². The highest BCUT2D eigenvalue weighted by Crippen LogP contribution is 2.39. The molecule has 0 saturated heterocycles. The fourth-order valence-electron chi connectivity index (χ4n) is 0.427. The van der Waals surface area contributed by atoms with Crippen LogP contribution in [0.3, 0.4) is 0 Å². The normalized spacial score (nSPS) is 18.8. The molecule has 0 aliphatic carbocycles. The van der Waals surface area contributed by atoms with Crippen LogP contribution >= 0.6 is 0 Å². The minimum Gasteiger partial charge on any atom is -0.296 e. The molecule has 0 aliphatic heterocycles. The zero-order chi connectivity index (χ0) is 11.1. The van der Waals surface area contributed by atoms with Gasteiger partial charge in [-0.05, 0) is 14.1 Å². The first-order chi connectivity index (χ1) is 5.44. The van der Waals surface area contributed by atoms with Crippen molar-refractivity contribution in [2.45, 2.75) is 11.3 Å². The summed E-state index contributed by atoms with van der Waals surface area (Å²) in [5.74, 6) is 0. The molecule has 80 valence electrons. The van der Waals surface area contributed by atoms with Gasteiger partial charge in [0.25, 0.3) is 0 Å². The number of nitrogens with one attached hydrogen (secondary N) is 1. The van der Waals surface area contributed by atoms with Gasteiger partial charge < -0.3 is 0 Å². The molecule has 0 spiro atoms. The molecule has 0 heterocycles. The average Bonchev–Trinajstić information content (AvgIpc) is 1.84. The Labute approximate surface area is 72.3 Å². The Morgan fingerprint density at radius 3 is 1.69 bits per heavy atom. The fourth-order valence-corrected chi connectivity index (χ4v) is 0.942. The van der Waals surface area contributed by atoms with Crippen LogP contribution < -0.4 is 0 Å². The molecule has 0 radical (unpaired) electrons. The maximum absolute atomic E-state index is 12.5. The van der Waals surface area contributed by atoms with Crippen molar-refractivity contribution in [2.75, 3.05) is 14.1 Å². The zero-order valence-corrected chi connectivity index (χ0v) is 7.54. The van der Waals surface area contributed by atoms with Crippen molar-refractivity contribution in [3.8, 4) is 0 Å². The van der Waals surface area contributed by atoms with Crippen molar-refractivity contribution in [3.63, 3.8) is 0 Å². The largest absolute Gasteiger partial charge is 0.427 e. The summed E-state index contributed by atoms with van der Waals surface area (Å²) in [4.78, 5) is -0.225. The van der Waals surface area contributed by atoms with E-state index in [1.807, 2.05) is 0 Å². The molecule has 9 heteroatoms. The Morgan fingerprint density at radius 2 is 1.62 bits per heavy atom. The Kier molecular flexibility index (Phi) is 2.97. The van der Waals surface area contributed by atoms with Crippen molar-refractivity contribution < 1.29 is 26.3 Å². The molecule has 0 rings (SSSR count). The molecule has 4 nitrogen and oxygen atoms in total. The summed E-state index contributed by atoms with van der Waals surface area (Å²) in [6.07, 6.45) is 0. The van der Waals surface area contributed by atoms with Gasteiger partial charge in [0.2, 0.25) is 10.0 Å². The quantitative estimate of drug-likeness (QED) is 0.560. The summed E-state index contributed by atoms with van der Waals surface area (Å²) in [6.45, 7) is 0. The van der Waals surface area contributed by atoms with E-state index in [1.165, 1.54) is 0 Å². The van der Waals surface area contributed by atoms with Gasteiger partial charge in [0.05, 0.1) is 0 Å². The maximum atomic E-state index is 12.5. The minimum absolute atomic E-state index is 0.225. The van der Waals surface area contributed by atoms with Crippen LogP contribution in [-0.2, 0) is 10.0 Å². The van der Waals surface area contributed by atoms with Crippen LogP contribution in [0.1, 0.15) is 0 Å². The van der Waals surface area contributed by atoms with Crippen molar-refractivity contribution in [2.24, 2.45) is 0 Å². The van der Waals surface area contributed by atoms with E-state index in [2.05, 4.69) is 0 Å². The third-order valence-electron chi connectivity index (χ3n) is 1.26. The second kappa shape index (κ2) is 3.07. The minimum atomic E-state index is -5.63. The number of halogens is 4. The predicted molar refractivity (Wildman–Crippen MR) is 37.1 cm³/mol. The van der Waals surface area contributed by atoms with Gasteiger partial charge in [-0.3, -0.25) is 4.55 Å². The van der Waals surface area contributed by atoms with Crippen molar-refractivity contribution >= 4 is 10.0 Å². The van der Waals surface area contributed by atoms with E-state index in [1.54, 1.807) is 0 Å². The number of rotatable bonds is 3. The summed E-state index contributed by atoms with van der Waals surface area (Å²) in [5, 5.41) is -5.30. The van der Waals surface area contributed by atoms with Gasteiger partial charge in [0.15, 0.2) is 0 Å². The first-order valence-electron chi connectivity index (χ1n) is 2.88. The molecule has 0 aromatic carbocycles. The predicted octanol–water partition coefficient (Wildman–Crippen LogP) is 1.25. The Hall–Kier alpha value is -0.410. The highest BCUT2D eigenvalue weighted by Gasteiger charge is 2.65. The van der Waals surface area contributed by atoms with E-state index in [0.717, 1.165) is 0 Å². The Bertz CT molecular complexity index is 287. The molecule has 0 aliphatic rings. The van der Waals surface area contributed by atoms with E-state index >= 15 is 0 Å². The van der Waals surface area contributed by atoms with E-state index in [-0.39, 0.29) is 4.90 Å². The van der Waals surface area contributed by atoms with E-state index < -0.39 is 21.3 Å². The first-order valence-corrected chi connectivity index (χ1v) is 4.40. The summed E-state index contributed by atoms with van der Waals surface area (Å²) >= 11 is 0. The Balaban J connectivity index is 5.29. The summed E-state index contributed by atoms with van der Waals surface area (Å²) < 4.78 is 74.2. The molecule has 13 heavy (non-hydrogen) atoms. The van der Waals surface area contributed by atoms with Crippen LogP contribution in [0.4, 0.5) is 17.6 Å². The van der Waals surface area contributed by atoms with Crippen LogP contribution in [0.5, 0.6) is 0 Å². The lowest BCUT2D eigenvalue weighted by atomic mass is 10.5. The SMILES string of the molecule is CN(C)C(F)(F)C(F)(F)S(=N)(=O)O. The summed E-state index contributed by atoms with van der Waals surface area (Å²) in [5.41, 5.74) is 0. The fraction of sp³-hybridized carbons (Fsp3) is 1.00. The molecule has 0 saturated carbocycles. The number of nitrogens with zero attached hydrogens (tertiary/aromatic N) is 1.